The summed E-state index contributed by atoms with van der Waals surface area (Å²) in [5.41, 5.74) is -2.48. The van der Waals surface area contributed by atoms with Crippen molar-refractivity contribution in [2.45, 2.75) is 89.7 Å². The minimum absolute atomic E-state index is 0.134. The smallest absolute Gasteiger partial charge is 0.408 e. The van der Waals surface area contributed by atoms with Crippen LogP contribution in [0.25, 0.3) is 0 Å². The summed E-state index contributed by atoms with van der Waals surface area (Å²) in [4.78, 5) is 49.4. The molecule has 2 fully saturated rings. The van der Waals surface area contributed by atoms with E-state index in [0.29, 0.717) is 6.42 Å². The molecule has 2 amide bonds. The Hall–Kier alpha value is -2.14. The summed E-state index contributed by atoms with van der Waals surface area (Å²) in [6.45, 7) is 15.0. The van der Waals surface area contributed by atoms with E-state index in [4.69, 9.17) is 9.16 Å². The summed E-state index contributed by atoms with van der Waals surface area (Å²) in [5.74, 6) is -4.82. The molecule has 188 valence electrons. The van der Waals surface area contributed by atoms with Gasteiger partial charge in [0.25, 0.3) is 0 Å². The molecule has 10 nitrogen and oxygen atoms in total. The molecular weight excluding hydrogens is 448 g/mol. The predicted octanol–water partition coefficient (Wildman–Crippen LogP) is 2.58. The predicted molar refractivity (Wildman–Crippen MR) is 122 cm³/mol. The van der Waals surface area contributed by atoms with Gasteiger partial charge in [0.1, 0.15) is 17.2 Å². The first-order valence-electron chi connectivity index (χ1n) is 11.2. The fourth-order valence-corrected chi connectivity index (χ4v) is 5.22. The van der Waals surface area contributed by atoms with Crippen LogP contribution in [0.4, 0.5) is 4.79 Å². The zero-order valence-electron chi connectivity index (χ0n) is 20.8. The van der Waals surface area contributed by atoms with E-state index in [9.17, 15) is 29.4 Å². The lowest BCUT2D eigenvalue weighted by molar-refractivity contribution is -0.150. The SMILES string of the molecule is CC(C)(C)OC(=O)NC(CO[Si](C)(C)C(C)(C)C)C(=O)NC1(C(=O)O)CCC2C(C(=O)O)C21. The van der Waals surface area contributed by atoms with Gasteiger partial charge < -0.3 is 30.0 Å². The summed E-state index contributed by atoms with van der Waals surface area (Å²) in [7, 11) is -2.29. The molecule has 0 heterocycles. The number of aliphatic carboxylic acids is 2. The zero-order chi connectivity index (χ0) is 25.6. The molecule has 0 bridgehead atoms. The van der Waals surface area contributed by atoms with Crippen molar-refractivity contribution < 1.29 is 38.6 Å². The molecule has 2 aliphatic carbocycles. The van der Waals surface area contributed by atoms with Gasteiger partial charge >= 0.3 is 18.0 Å². The Bertz CT molecular complexity index is 816. The molecule has 0 radical (unpaired) electrons. The van der Waals surface area contributed by atoms with Crippen LogP contribution in [0.3, 0.4) is 0 Å². The number of rotatable bonds is 8. The van der Waals surface area contributed by atoms with E-state index in [0.717, 1.165) is 0 Å². The van der Waals surface area contributed by atoms with Gasteiger partial charge in [-0.05, 0) is 57.7 Å². The highest BCUT2D eigenvalue weighted by atomic mass is 28.4. The van der Waals surface area contributed by atoms with Crippen LogP contribution in [-0.4, -0.2) is 66.3 Å². The van der Waals surface area contributed by atoms with Gasteiger partial charge in [-0.1, -0.05) is 20.8 Å². The van der Waals surface area contributed by atoms with E-state index in [2.05, 4.69) is 10.6 Å². The molecule has 0 aliphatic heterocycles. The first kappa shape index (κ1) is 27.1. The van der Waals surface area contributed by atoms with Crippen LogP contribution >= 0.6 is 0 Å². The maximum absolute atomic E-state index is 13.3. The molecule has 0 aromatic rings. The topological polar surface area (TPSA) is 151 Å². The lowest BCUT2D eigenvalue weighted by atomic mass is 9.89. The number of carbonyl (C=O) groups is 4. The minimum atomic E-state index is -2.29. The molecule has 2 saturated carbocycles. The molecule has 11 heteroatoms. The second kappa shape index (κ2) is 8.90. The Labute approximate surface area is 195 Å². The summed E-state index contributed by atoms with van der Waals surface area (Å²) in [6.07, 6.45) is -0.293. The van der Waals surface area contributed by atoms with Crippen LogP contribution in [0.5, 0.6) is 0 Å². The van der Waals surface area contributed by atoms with Crippen molar-refractivity contribution in [3.63, 3.8) is 0 Å². The third kappa shape index (κ3) is 5.86. The van der Waals surface area contributed by atoms with Gasteiger partial charge in [-0.15, -0.1) is 0 Å². The maximum Gasteiger partial charge on any atom is 0.408 e. The number of carboxylic acid groups (broad SMARTS) is 2. The summed E-state index contributed by atoms with van der Waals surface area (Å²) in [6, 6.07) is -1.20. The van der Waals surface area contributed by atoms with E-state index >= 15 is 0 Å². The van der Waals surface area contributed by atoms with Gasteiger partial charge in [-0.3, -0.25) is 9.59 Å². The van der Waals surface area contributed by atoms with Crippen molar-refractivity contribution in [2.24, 2.45) is 17.8 Å². The fourth-order valence-electron chi connectivity index (χ4n) is 4.20. The average molecular weight is 487 g/mol. The first-order chi connectivity index (χ1) is 14.8. The standard InChI is InChI=1S/C22H38N2O8Si/c1-20(2,3)32-19(30)23-13(11-31-33(7,8)21(4,5)6)16(25)24-22(18(28)29)10-9-12-14(15(12)22)17(26)27/h12-15H,9-11H2,1-8H3,(H,23,30)(H,24,25)(H,26,27)(H,28,29). The quantitative estimate of drug-likeness (QED) is 0.382. The van der Waals surface area contributed by atoms with E-state index in [1.54, 1.807) is 20.8 Å². The Morgan fingerprint density at radius 3 is 2.09 bits per heavy atom. The molecule has 4 N–H and O–H groups in total. The van der Waals surface area contributed by atoms with Gasteiger partial charge in [0, 0.05) is 5.92 Å². The summed E-state index contributed by atoms with van der Waals surface area (Å²) < 4.78 is 11.4. The Morgan fingerprint density at radius 1 is 1.09 bits per heavy atom. The van der Waals surface area contributed by atoms with Crippen molar-refractivity contribution in [3.05, 3.63) is 0 Å². The number of amides is 2. The Morgan fingerprint density at radius 2 is 1.67 bits per heavy atom. The summed E-state index contributed by atoms with van der Waals surface area (Å²) in [5, 5.41) is 24.3. The number of carbonyl (C=O) groups excluding carboxylic acids is 2. The van der Waals surface area contributed by atoms with Crippen LogP contribution in [0.2, 0.25) is 18.1 Å². The van der Waals surface area contributed by atoms with E-state index in [-0.39, 0.29) is 24.0 Å². The highest BCUT2D eigenvalue weighted by Gasteiger charge is 2.72. The molecule has 0 aromatic carbocycles. The van der Waals surface area contributed by atoms with Crippen LogP contribution in [0, 0.1) is 17.8 Å². The maximum atomic E-state index is 13.3. The molecule has 0 saturated heterocycles. The van der Waals surface area contributed by atoms with Crippen molar-refractivity contribution in [3.8, 4) is 0 Å². The second-order valence-electron chi connectivity index (χ2n) is 11.6. The number of fused-ring (bicyclic) bond motifs is 1. The minimum Gasteiger partial charge on any atom is -0.481 e. The molecule has 0 spiro atoms. The normalized spacial score (nSPS) is 27.8. The third-order valence-electron chi connectivity index (χ3n) is 7.05. The summed E-state index contributed by atoms with van der Waals surface area (Å²) >= 11 is 0. The van der Waals surface area contributed by atoms with Crippen LogP contribution in [-0.2, 0) is 23.5 Å². The molecule has 0 aromatic heterocycles. The number of ether oxygens (including phenoxy) is 1. The van der Waals surface area contributed by atoms with E-state index in [1.807, 2.05) is 33.9 Å². The van der Waals surface area contributed by atoms with Crippen LogP contribution in [0.1, 0.15) is 54.4 Å². The average Bonchev–Trinajstić information content (AvgIpc) is 3.24. The highest BCUT2D eigenvalue weighted by molar-refractivity contribution is 6.74. The number of carboxylic acids is 2. The lowest BCUT2D eigenvalue weighted by Crippen LogP contribution is -2.62. The number of hydrogen-bond donors (Lipinski definition) is 4. The third-order valence-corrected chi connectivity index (χ3v) is 11.5. The van der Waals surface area contributed by atoms with Gasteiger partial charge in [0.05, 0.1) is 12.5 Å². The first-order valence-corrected chi connectivity index (χ1v) is 14.1. The largest absolute Gasteiger partial charge is 0.481 e. The van der Waals surface area contributed by atoms with E-state index < -0.39 is 61.3 Å². The number of hydrogen-bond acceptors (Lipinski definition) is 6. The van der Waals surface area contributed by atoms with Gasteiger partial charge in [-0.25, -0.2) is 9.59 Å². The molecule has 2 aliphatic rings. The number of nitrogens with one attached hydrogen (secondary N) is 2. The van der Waals surface area contributed by atoms with Crippen LogP contribution < -0.4 is 10.6 Å². The zero-order valence-corrected chi connectivity index (χ0v) is 21.8. The lowest BCUT2D eigenvalue weighted by Gasteiger charge is -2.37. The van der Waals surface area contributed by atoms with Crippen LogP contribution in [0.15, 0.2) is 0 Å². The molecular formula is C22H38N2O8Si. The van der Waals surface area contributed by atoms with Gasteiger partial charge in [0.2, 0.25) is 5.91 Å². The van der Waals surface area contributed by atoms with Crippen molar-refractivity contribution in [1.82, 2.24) is 10.6 Å². The van der Waals surface area contributed by atoms with Crippen molar-refractivity contribution >= 4 is 32.3 Å². The Balaban J connectivity index is 2.23. The second-order valence-corrected chi connectivity index (χ2v) is 16.4. The number of alkyl carbamates (subject to hydrolysis) is 1. The molecule has 33 heavy (non-hydrogen) atoms. The Kier molecular flexibility index (Phi) is 7.31. The fraction of sp³-hybridized carbons (Fsp3) is 0.818. The molecule has 5 unspecified atom stereocenters. The van der Waals surface area contributed by atoms with Gasteiger partial charge in [0.15, 0.2) is 8.32 Å². The molecule has 5 atom stereocenters. The van der Waals surface area contributed by atoms with Gasteiger partial charge in [-0.2, -0.15) is 0 Å². The van der Waals surface area contributed by atoms with E-state index in [1.165, 1.54) is 0 Å². The van der Waals surface area contributed by atoms with Crippen molar-refractivity contribution in [2.75, 3.05) is 6.61 Å². The highest BCUT2D eigenvalue weighted by Crippen LogP contribution is 2.62. The molecule has 2 rings (SSSR count). The van der Waals surface area contributed by atoms with Crippen molar-refractivity contribution in [1.29, 1.82) is 0 Å². The monoisotopic (exact) mass is 486 g/mol.